The van der Waals surface area contributed by atoms with E-state index in [-0.39, 0.29) is 22.7 Å². The number of hydroxylamine groups is 2. The Bertz CT molecular complexity index is 473. The summed E-state index contributed by atoms with van der Waals surface area (Å²) >= 11 is 0. The molecule has 146 valence electrons. The van der Waals surface area contributed by atoms with Crippen LogP contribution in [0.3, 0.4) is 0 Å². The molecule has 2 aliphatic carbocycles. The van der Waals surface area contributed by atoms with Gasteiger partial charge in [0.25, 0.3) is 0 Å². The maximum atomic E-state index is 11.1. The average Bonchev–Trinajstić information content (AvgIpc) is 3.13. The summed E-state index contributed by atoms with van der Waals surface area (Å²) in [7, 11) is 0. The lowest BCUT2D eigenvalue weighted by Gasteiger charge is -2.54. The molecule has 7 unspecified atom stereocenters. The molecule has 0 spiro atoms. The van der Waals surface area contributed by atoms with Crippen LogP contribution < -0.4 is 0 Å². The summed E-state index contributed by atoms with van der Waals surface area (Å²) in [5.74, 6) is 1.08. The van der Waals surface area contributed by atoms with E-state index in [4.69, 9.17) is 4.84 Å². The molecule has 2 bridgehead atoms. The molecule has 3 fully saturated rings. The molecule has 25 heavy (non-hydrogen) atoms. The summed E-state index contributed by atoms with van der Waals surface area (Å²) in [6.45, 7) is 14.6. The Hall–Kier alpha value is -0.200. The van der Waals surface area contributed by atoms with Crippen molar-refractivity contribution in [1.29, 1.82) is 0 Å². The molecule has 5 nitrogen and oxygen atoms in total. The highest BCUT2D eigenvalue weighted by molar-refractivity contribution is 5.05. The Morgan fingerprint density at radius 3 is 1.60 bits per heavy atom. The summed E-state index contributed by atoms with van der Waals surface area (Å²) < 4.78 is 0. The van der Waals surface area contributed by atoms with E-state index >= 15 is 0 Å². The van der Waals surface area contributed by atoms with Crippen LogP contribution in [0.25, 0.3) is 0 Å². The van der Waals surface area contributed by atoms with Gasteiger partial charge in [0, 0.05) is 17.3 Å². The van der Waals surface area contributed by atoms with E-state index in [1.54, 1.807) is 0 Å². The monoisotopic (exact) mass is 355 g/mol. The molecule has 3 N–H and O–H groups in total. The SMILES string of the molecule is CC(C)(C)C(C)(C(O)ON1C(O)C2C3CCC(C3)C2C1O)C(C)(C)C. The Morgan fingerprint density at radius 1 is 0.840 bits per heavy atom. The van der Waals surface area contributed by atoms with Crippen LogP contribution in [-0.4, -0.2) is 39.1 Å². The van der Waals surface area contributed by atoms with Crippen LogP contribution in [-0.2, 0) is 4.84 Å². The van der Waals surface area contributed by atoms with Gasteiger partial charge in [0.15, 0.2) is 6.29 Å². The highest BCUT2D eigenvalue weighted by Gasteiger charge is 2.62. The van der Waals surface area contributed by atoms with E-state index in [2.05, 4.69) is 41.5 Å². The zero-order chi connectivity index (χ0) is 18.9. The predicted molar refractivity (Wildman–Crippen MR) is 95.8 cm³/mol. The molecule has 0 aromatic carbocycles. The minimum atomic E-state index is -1.12. The lowest BCUT2D eigenvalue weighted by molar-refractivity contribution is -0.384. The first-order valence-electron chi connectivity index (χ1n) is 9.80. The molecule has 0 aromatic heterocycles. The van der Waals surface area contributed by atoms with Crippen molar-refractivity contribution in [3.63, 3.8) is 0 Å². The number of aliphatic hydroxyl groups excluding tert-OH is 3. The third-order valence-corrected chi connectivity index (χ3v) is 8.09. The van der Waals surface area contributed by atoms with Crippen molar-refractivity contribution in [2.45, 2.75) is 86.5 Å². The van der Waals surface area contributed by atoms with Gasteiger partial charge in [0.05, 0.1) is 0 Å². The molecule has 0 radical (unpaired) electrons. The zero-order valence-corrected chi connectivity index (χ0v) is 16.9. The number of nitrogens with zero attached hydrogens (tertiary/aromatic N) is 1. The Balaban J connectivity index is 1.82. The van der Waals surface area contributed by atoms with Crippen molar-refractivity contribution in [2.75, 3.05) is 0 Å². The number of aliphatic hydroxyl groups is 3. The standard InChI is InChI=1S/C20H37NO4/c1-18(2,3)20(7,19(4,5)6)17(24)25-21-15(22)13-11-8-9-12(10-11)14(13)16(21)23/h11-17,22-24H,8-10H2,1-7H3. The minimum Gasteiger partial charge on any atom is -0.376 e. The lowest BCUT2D eigenvalue weighted by atomic mass is 9.54. The van der Waals surface area contributed by atoms with Gasteiger partial charge >= 0.3 is 0 Å². The Labute approximate surface area is 152 Å². The second kappa shape index (κ2) is 5.90. The molecule has 0 aromatic rings. The fourth-order valence-electron chi connectivity index (χ4n) is 5.97. The molecule has 1 aliphatic heterocycles. The highest BCUT2D eigenvalue weighted by atomic mass is 16.8. The highest BCUT2D eigenvalue weighted by Crippen LogP contribution is 2.60. The van der Waals surface area contributed by atoms with Gasteiger partial charge in [-0.25, -0.2) is 0 Å². The van der Waals surface area contributed by atoms with Gasteiger partial charge in [-0.15, -0.1) is 5.06 Å². The van der Waals surface area contributed by atoms with Crippen molar-refractivity contribution < 1.29 is 20.2 Å². The summed E-state index contributed by atoms with van der Waals surface area (Å²) in [5.41, 5.74) is -1.03. The van der Waals surface area contributed by atoms with Gasteiger partial charge in [0.2, 0.25) is 0 Å². The maximum Gasteiger partial charge on any atom is 0.181 e. The third kappa shape index (κ3) is 2.69. The molecule has 5 heteroatoms. The molecule has 1 heterocycles. The summed E-state index contributed by atoms with van der Waals surface area (Å²) in [4.78, 5) is 5.90. The van der Waals surface area contributed by atoms with Crippen molar-refractivity contribution in [1.82, 2.24) is 5.06 Å². The molecule has 0 amide bonds. The molecule has 3 aliphatic rings. The second-order valence-electron chi connectivity index (χ2n) is 10.8. The lowest BCUT2D eigenvalue weighted by Crippen LogP contribution is -2.56. The van der Waals surface area contributed by atoms with Crippen LogP contribution in [0, 0.1) is 39.9 Å². The third-order valence-electron chi connectivity index (χ3n) is 8.09. The van der Waals surface area contributed by atoms with Gasteiger partial charge in [-0.1, -0.05) is 48.5 Å². The molecule has 7 atom stereocenters. The van der Waals surface area contributed by atoms with Gasteiger partial charge in [-0.2, -0.15) is 0 Å². The molecule has 1 saturated heterocycles. The fourth-order valence-corrected chi connectivity index (χ4v) is 5.97. The Morgan fingerprint density at radius 2 is 1.24 bits per heavy atom. The Kier molecular flexibility index (Phi) is 4.61. The van der Waals surface area contributed by atoms with E-state index in [0.717, 1.165) is 19.3 Å². The summed E-state index contributed by atoms with van der Waals surface area (Å²) in [6, 6.07) is 0. The first-order chi connectivity index (χ1) is 11.3. The number of fused-ring (bicyclic) bond motifs is 5. The van der Waals surface area contributed by atoms with Crippen LogP contribution in [0.1, 0.15) is 67.7 Å². The fraction of sp³-hybridized carbons (Fsp3) is 1.00. The van der Waals surface area contributed by atoms with Crippen LogP contribution in [0.4, 0.5) is 0 Å². The first kappa shape index (κ1) is 19.6. The number of hydrogen-bond donors (Lipinski definition) is 3. The number of hydrogen-bond acceptors (Lipinski definition) is 5. The van der Waals surface area contributed by atoms with E-state index in [9.17, 15) is 15.3 Å². The minimum absolute atomic E-state index is 0.0662. The van der Waals surface area contributed by atoms with E-state index < -0.39 is 24.2 Å². The molecule has 2 saturated carbocycles. The van der Waals surface area contributed by atoms with Crippen LogP contribution in [0.5, 0.6) is 0 Å². The maximum absolute atomic E-state index is 11.1. The largest absolute Gasteiger partial charge is 0.376 e. The van der Waals surface area contributed by atoms with E-state index in [1.165, 1.54) is 5.06 Å². The van der Waals surface area contributed by atoms with Gasteiger partial charge < -0.3 is 15.3 Å². The van der Waals surface area contributed by atoms with Crippen LogP contribution in [0.15, 0.2) is 0 Å². The van der Waals surface area contributed by atoms with Crippen molar-refractivity contribution in [2.24, 2.45) is 39.9 Å². The summed E-state index contributed by atoms with van der Waals surface area (Å²) in [6.07, 6.45) is 0.583. The van der Waals surface area contributed by atoms with Crippen molar-refractivity contribution in [3.8, 4) is 0 Å². The van der Waals surface area contributed by atoms with Gasteiger partial charge in [-0.05, 0) is 41.9 Å². The second-order valence-corrected chi connectivity index (χ2v) is 10.8. The normalized spacial score (nSPS) is 40.6. The first-order valence-corrected chi connectivity index (χ1v) is 9.80. The predicted octanol–water partition coefficient (Wildman–Crippen LogP) is 2.95. The summed E-state index contributed by atoms with van der Waals surface area (Å²) in [5, 5.41) is 34.0. The van der Waals surface area contributed by atoms with Crippen LogP contribution in [0.2, 0.25) is 0 Å². The van der Waals surface area contributed by atoms with E-state index in [1.807, 2.05) is 6.92 Å². The molecular weight excluding hydrogens is 318 g/mol. The van der Waals surface area contributed by atoms with Gasteiger partial charge in [-0.3, -0.25) is 4.84 Å². The van der Waals surface area contributed by atoms with Crippen molar-refractivity contribution in [3.05, 3.63) is 0 Å². The van der Waals surface area contributed by atoms with Crippen LogP contribution >= 0.6 is 0 Å². The zero-order valence-electron chi connectivity index (χ0n) is 16.9. The average molecular weight is 356 g/mol. The number of rotatable bonds is 3. The smallest absolute Gasteiger partial charge is 0.181 e. The molecular formula is C20H37NO4. The van der Waals surface area contributed by atoms with E-state index in [0.29, 0.717) is 11.8 Å². The van der Waals surface area contributed by atoms with Crippen molar-refractivity contribution >= 4 is 0 Å². The quantitative estimate of drug-likeness (QED) is 0.679. The topological polar surface area (TPSA) is 73.2 Å². The van der Waals surface area contributed by atoms with Gasteiger partial charge in [0.1, 0.15) is 12.5 Å². The molecule has 3 rings (SSSR count).